The fourth-order valence-electron chi connectivity index (χ4n) is 1.83. The van der Waals surface area contributed by atoms with E-state index in [0.29, 0.717) is 24.7 Å². The van der Waals surface area contributed by atoms with Crippen molar-refractivity contribution in [2.45, 2.75) is 26.9 Å². The van der Waals surface area contributed by atoms with Gasteiger partial charge in [0.1, 0.15) is 18.0 Å². The Kier molecular flexibility index (Phi) is 4.64. The van der Waals surface area contributed by atoms with Gasteiger partial charge < -0.3 is 15.2 Å². The van der Waals surface area contributed by atoms with Gasteiger partial charge in [0.25, 0.3) is 5.69 Å². The maximum Gasteiger partial charge on any atom is 0.276 e. The summed E-state index contributed by atoms with van der Waals surface area (Å²) in [4.78, 5) is 14.8. The lowest BCUT2D eigenvalue weighted by molar-refractivity contribution is -0.384. The maximum absolute atomic E-state index is 10.9. The largest absolute Gasteiger partial charge is 0.370 e. The zero-order valence-electron chi connectivity index (χ0n) is 11.9. The van der Waals surface area contributed by atoms with Crippen LogP contribution in [-0.4, -0.2) is 31.2 Å². The molecule has 0 aliphatic rings. The first-order chi connectivity index (χ1) is 10.1. The van der Waals surface area contributed by atoms with Crippen LogP contribution in [0.25, 0.3) is 0 Å². The summed E-state index contributed by atoms with van der Waals surface area (Å²) in [6.07, 6.45) is 1.64. The molecule has 9 heteroatoms. The van der Waals surface area contributed by atoms with Crippen LogP contribution in [0.1, 0.15) is 19.7 Å². The van der Waals surface area contributed by atoms with E-state index in [-0.39, 0.29) is 5.69 Å². The van der Waals surface area contributed by atoms with Gasteiger partial charge in [-0.05, 0) is 13.8 Å². The van der Waals surface area contributed by atoms with Crippen LogP contribution in [0.4, 0.5) is 17.3 Å². The molecule has 9 nitrogen and oxygen atoms in total. The lowest BCUT2D eigenvalue weighted by Crippen LogP contribution is -2.10. The molecule has 2 aromatic heterocycles. The highest BCUT2D eigenvalue weighted by Crippen LogP contribution is 2.20. The summed E-state index contributed by atoms with van der Waals surface area (Å²) in [6.45, 7) is 5.68. The Morgan fingerprint density at radius 1 is 1.29 bits per heavy atom. The monoisotopic (exact) mass is 291 g/mol. The lowest BCUT2D eigenvalue weighted by atomic mass is 10.3. The molecule has 0 aliphatic heterocycles. The van der Waals surface area contributed by atoms with Crippen molar-refractivity contribution in [3.63, 3.8) is 0 Å². The highest BCUT2D eigenvalue weighted by molar-refractivity contribution is 5.54. The Hall–Kier alpha value is -2.71. The Bertz CT molecular complexity index is 626. The molecular formula is C12H17N7O2. The molecule has 0 aliphatic carbocycles. The minimum absolute atomic E-state index is 0.0135. The van der Waals surface area contributed by atoms with Crippen LogP contribution in [0.5, 0.6) is 0 Å². The van der Waals surface area contributed by atoms with Gasteiger partial charge in [0, 0.05) is 13.1 Å². The predicted octanol–water partition coefficient (Wildman–Crippen LogP) is 1.65. The van der Waals surface area contributed by atoms with Crippen LogP contribution in [0.15, 0.2) is 18.5 Å². The summed E-state index contributed by atoms with van der Waals surface area (Å²) in [5, 5.41) is 24.8. The van der Waals surface area contributed by atoms with E-state index in [0.717, 1.165) is 12.4 Å². The molecule has 0 saturated heterocycles. The van der Waals surface area contributed by atoms with E-state index < -0.39 is 4.92 Å². The first-order valence-electron chi connectivity index (χ1n) is 6.65. The Balaban J connectivity index is 2.16. The molecule has 112 valence electrons. The third-order valence-corrected chi connectivity index (χ3v) is 2.84. The molecule has 2 heterocycles. The normalized spacial score (nSPS) is 10.4. The highest BCUT2D eigenvalue weighted by atomic mass is 16.6. The number of nitro groups is 1. The van der Waals surface area contributed by atoms with Gasteiger partial charge >= 0.3 is 0 Å². The van der Waals surface area contributed by atoms with Crippen LogP contribution in [0.2, 0.25) is 0 Å². The van der Waals surface area contributed by atoms with Gasteiger partial charge in [0.05, 0.1) is 23.6 Å². The van der Waals surface area contributed by atoms with E-state index >= 15 is 0 Å². The average Bonchev–Trinajstić information content (AvgIpc) is 2.92. The summed E-state index contributed by atoms with van der Waals surface area (Å²) in [6, 6.07) is 2.80. The molecule has 0 atom stereocenters. The Morgan fingerprint density at radius 2 is 2.00 bits per heavy atom. The molecule has 2 aromatic rings. The van der Waals surface area contributed by atoms with Crippen LogP contribution in [0.3, 0.4) is 0 Å². The number of nitrogens with one attached hydrogen (secondary N) is 2. The Morgan fingerprint density at radius 3 is 2.62 bits per heavy atom. The molecule has 0 aromatic carbocycles. The first kappa shape index (κ1) is 14.7. The van der Waals surface area contributed by atoms with Crippen molar-refractivity contribution in [2.75, 3.05) is 17.2 Å². The van der Waals surface area contributed by atoms with Gasteiger partial charge in [0.2, 0.25) is 0 Å². The minimum atomic E-state index is -0.442. The highest BCUT2D eigenvalue weighted by Gasteiger charge is 2.11. The minimum Gasteiger partial charge on any atom is -0.370 e. The molecule has 0 fully saturated rings. The van der Waals surface area contributed by atoms with E-state index in [1.807, 2.05) is 18.4 Å². The van der Waals surface area contributed by atoms with E-state index in [9.17, 15) is 10.1 Å². The summed E-state index contributed by atoms with van der Waals surface area (Å²) in [7, 11) is 0. The summed E-state index contributed by atoms with van der Waals surface area (Å²) in [5.41, 5.74) is -0.0135. The predicted molar refractivity (Wildman–Crippen MR) is 78.1 cm³/mol. The summed E-state index contributed by atoms with van der Waals surface area (Å²) < 4.78 is 1.88. The second-order valence-electron chi connectivity index (χ2n) is 4.27. The standard InChI is InChI=1S/C12H17N7O2/c1-3-13-10-5-9(19(20)21)6-11(16-10)14-7-12-17-15-8-18(12)4-2/h5-6,8H,3-4,7H2,1-2H3,(H2,13,14,16). The van der Waals surface area contributed by atoms with E-state index in [4.69, 9.17) is 0 Å². The molecule has 0 radical (unpaired) electrons. The summed E-state index contributed by atoms with van der Waals surface area (Å²) in [5.74, 6) is 1.63. The zero-order valence-corrected chi connectivity index (χ0v) is 11.9. The van der Waals surface area contributed by atoms with E-state index in [1.165, 1.54) is 12.1 Å². The van der Waals surface area contributed by atoms with Crippen LogP contribution in [0, 0.1) is 10.1 Å². The molecule has 0 unspecified atom stereocenters. The number of aromatic nitrogens is 4. The maximum atomic E-state index is 10.9. The summed E-state index contributed by atoms with van der Waals surface area (Å²) >= 11 is 0. The third kappa shape index (κ3) is 3.65. The van der Waals surface area contributed by atoms with Gasteiger partial charge in [0.15, 0.2) is 5.82 Å². The molecule has 21 heavy (non-hydrogen) atoms. The quantitative estimate of drug-likeness (QED) is 0.589. The van der Waals surface area contributed by atoms with E-state index in [1.54, 1.807) is 6.33 Å². The van der Waals surface area contributed by atoms with Gasteiger partial charge in [-0.2, -0.15) is 0 Å². The molecule has 0 bridgehead atoms. The van der Waals surface area contributed by atoms with Crippen molar-refractivity contribution in [2.24, 2.45) is 0 Å². The molecule has 2 rings (SSSR count). The SMILES string of the molecule is CCNc1cc([N+](=O)[O-])cc(NCc2nncn2CC)n1. The molecule has 2 N–H and O–H groups in total. The van der Waals surface area contributed by atoms with Crippen molar-refractivity contribution < 1.29 is 4.92 Å². The van der Waals surface area contributed by atoms with Gasteiger partial charge in [-0.1, -0.05) is 0 Å². The lowest BCUT2D eigenvalue weighted by Gasteiger charge is -2.08. The zero-order chi connectivity index (χ0) is 15.2. The molecule has 0 amide bonds. The van der Waals surface area contributed by atoms with Crippen LogP contribution in [-0.2, 0) is 13.1 Å². The van der Waals surface area contributed by atoms with Crippen LogP contribution >= 0.6 is 0 Å². The number of nitrogens with zero attached hydrogens (tertiary/aromatic N) is 5. The van der Waals surface area contributed by atoms with Gasteiger partial charge in [-0.3, -0.25) is 10.1 Å². The van der Waals surface area contributed by atoms with Crippen molar-refractivity contribution in [3.8, 4) is 0 Å². The number of hydrogen-bond donors (Lipinski definition) is 2. The number of aryl methyl sites for hydroxylation is 1. The van der Waals surface area contributed by atoms with Crippen molar-refractivity contribution in [3.05, 3.63) is 34.4 Å². The molecular weight excluding hydrogens is 274 g/mol. The van der Waals surface area contributed by atoms with Gasteiger partial charge in [-0.15, -0.1) is 10.2 Å². The average molecular weight is 291 g/mol. The third-order valence-electron chi connectivity index (χ3n) is 2.84. The topological polar surface area (TPSA) is 111 Å². The number of rotatable bonds is 7. The number of pyridine rings is 1. The van der Waals surface area contributed by atoms with Crippen molar-refractivity contribution >= 4 is 17.3 Å². The molecule has 0 saturated carbocycles. The van der Waals surface area contributed by atoms with Crippen molar-refractivity contribution in [1.82, 2.24) is 19.7 Å². The Labute approximate surface area is 121 Å². The van der Waals surface area contributed by atoms with Crippen LogP contribution < -0.4 is 10.6 Å². The second-order valence-corrected chi connectivity index (χ2v) is 4.27. The first-order valence-corrected chi connectivity index (χ1v) is 6.65. The number of anilines is 2. The number of hydrogen-bond acceptors (Lipinski definition) is 7. The fraction of sp³-hybridized carbons (Fsp3) is 0.417. The van der Waals surface area contributed by atoms with Gasteiger partial charge in [-0.25, -0.2) is 4.98 Å². The van der Waals surface area contributed by atoms with E-state index in [2.05, 4.69) is 25.8 Å². The molecule has 0 spiro atoms. The van der Waals surface area contributed by atoms with Crippen molar-refractivity contribution in [1.29, 1.82) is 0 Å². The smallest absolute Gasteiger partial charge is 0.276 e. The second kappa shape index (κ2) is 6.64. The fourth-order valence-corrected chi connectivity index (χ4v) is 1.83.